The van der Waals surface area contributed by atoms with Gasteiger partial charge in [-0.3, -0.25) is 13.8 Å². The van der Waals surface area contributed by atoms with E-state index in [9.17, 15) is 19.4 Å². The van der Waals surface area contributed by atoms with E-state index in [0.29, 0.717) is 6.42 Å². The standard InChI is InChI=1S/C47H85N2O6P/c1-3-5-7-9-11-13-15-17-19-21-22-23-25-26-28-30-32-34-36-38-40-46(50)45(44-55-56(52,53)54-43-42-48)49-47(51)41-39-37-35-33-31-29-27-24-20-18-16-14-12-10-8-6-4-2/h6,8,12,14,18,20,27,29-30,32,38,40,45-46,50H,3-5,7,9-11,13,15-17,19,21-26,28,31,33-37,39,41-44,48H2,1-2H3,(H,49,51)(H,52,53)/b8-6-,14-12-,20-18-,29-27-,32-30+,40-38+. The van der Waals surface area contributed by atoms with Gasteiger partial charge in [0.1, 0.15) is 0 Å². The van der Waals surface area contributed by atoms with E-state index >= 15 is 0 Å². The highest BCUT2D eigenvalue weighted by molar-refractivity contribution is 7.47. The summed E-state index contributed by atoms with van der Waals surface area (Å²) < 4.78 is 22.1. The van der Waals surface area contributed by atoms with Crippen LogP contribution in [0.1, 0.15) is 187 Å². The summed E-state index contributed by atoms with van der Waals surface area (Å²) in [6.07, 6.45) is 55.3. The van der Waals surface area contributed by atoms with Crippen LogP contribution in [0.15, 0.2) is 72.9 Å². The molecule has 0 aromatic rings. The largest absolute Gasteiger partial charge is 0.472 e. The molecule has 324 valence electrons. The summed E-state index contributed by atoms with van der Waals surface area (Å²) in [6, 6.07) is -0.894. The quantitative estimate of drug-likeness (QED) is 0.0275. The molecule has 5 N–H and O–H groups in total. The normalized spacial score (nSPS) is 14.7. The van der Waals surface area contributed by atoms with Crippen LogP contribution in [0.4, 0.5) is 0 Å². The first kappa shape index (κ1) is 53.9. The number of nitrogens with one attached hydrogen (secondary N) is 1. The molecule has 0 saturated carbocycles. The summed E-state index contributed by atoms with van der Waals surface area (Å²) in [5, 5.41) is 13.7. The molecule has 0 aliphatic rings. The third-order valence-corrected chi connectivity index (χ3v) is 10.5. The van der Waals surface area contributed by atoms with Crippen LogP contribution in [-0.4, -0.2) is 47.8 Å². The Kier molecular flexibility index (Phi) is 41.0. The van der Waals surface area contributed by atoms with Crippen LogP contribution in [0.3, 0.4) is 0 Å². The third kappa shape index (κ3) is 40.1. The zero-order valence-electron chi connectivity index (χ0n) is 35.8. The van der Waals surface area contributed by atoms with E-state index in [0.717, 1.165) is 77.0 Å². The van der Waals surface area contributed by atoms with Crippen molar-refractivity contribution in [2.24, 2.45) is 5.73 Å². The number of carbonyl (C=O) groups excluding carboxylic acids is 1. The van der Waals surface area contributed by atoms with Crippen molar-refractivity contribution in [3.8, 4) is 0 Å². The summed E-state index contributed by atoms with van der Waals surface area (Å²) in [7, 11) is -4.36. The number of allylic oxidation sites excluding steroid dienone is 11. The van der Waals surface area contributed by atoms with E-state index in [4.69, 9.17) is 14.8 Å². The first-order valence-corrected chi connectivity index (χ1v) is 24.1. The van der Waals surface area contributed by atoms with Crippen LogP contribution in [0.25, 0.3) is 0 Å². The number of unbranched alkanes of at least 4 members (excludes halogenated alkanes) is 19. The van der Waals surface area contributed by atoms with Crippen molar-refractivity contribution >= 4 is 13.7 Å². The molecule has 0 radical (unpaired) electrons. The van der Waals surface area contributed by atoms with Crippen LogP contribution in [0, 0.1) is 0 Å². The monoisotopic (exact) mass is 805 g/mol. The Bertz CT molecular complexity index is 1100. The minimum absolute atomic E-state index is 0.0662. The molecule has 0 aliphatic carbocycles. The number of nitrogens with two attached hydrogens (primary N) is 1. The molecule has 9 heteroatoms. The molecule has 0 heterocycles. The fourth-order valence-electron chi connectivity index (χ4n) is 6.14. The lowest BCUT2D eigenvalue weighted by Crippen LogP contribution is -2.45. The summed E-state index contributed by atoms with van der Waals surface area (Å²) in [6.45, 7) is 3.98. The van der Waals surface area contributed by atoms with Gasteiger partial charge in [0.2, 0.25) is 5.91 Å². The molecule has 3 atom stereocenters. The minimum atomic E-state index is -4.36. The summed E-state index contributed by atoms with van der Waals surface area (Å²) in [5.41, 5.74) is 5.37. The van der Waals surface area contributed by atoms with Gasteiger partial charge in [-0.1, -0.05) is 183 Å². The van der Waals surface area contributed by atoms with Gasteiger partial charge in [0, 0.05) is 13.0 Å². The van der Waals surface area contributed by atoms with Gasteiger partial charge in [-0.25, -0.2) is 4.57 Å². The van der Waals surface area contributed by atoms with Crippen molar-refractivity contribution in [2.75, 3.05) is 19.8 Å². The Morgan fingerprint density at radius 2 is 1.05 bits per heavy atom. The molecule has 0 aliphatic heterocycles. The molecule has 0 saturated heterocycles. The van der Waals surface area contributed by atoms with E-state index in [-0.39, 0.29) is 25.7 Å². The average Bonchev–Trinajstić information content (AvgIpc) is 3.19. The van der Waals surface area contributed by atoms with Crippen LogP contribution in [0.2, 0.25) is 0 Å². The highest BCUT2D eigenvalue weighted by Gasteiger charge is 2.26. The van der Waals surface area contributed by atoms with Crippen molar-refractivity contribution in [3.05, 3.63) is 72.9 Å². The van der Waals surface area contributed by atoms with Gasteiger partial charge in [-0.15, -0.1) is 0 Å². The fraction of sp³-hybridized carbons (Fsp3) is 0.723. The van der Waals surface area contributed by atoms with Gasteiger partial charge in [0.05, 0.1) is 25.4 Å². The number of phosphoric acid groups is 1. The van der Waals surface area contributed by atoms with Gasteiger partial charge in [0.25, 0.3) is 0 Å². The van der Waals surface area contributed by atoms with E-state index in [1.807, 2.05) is 6.08 Å². The Hall–Kier alpha value is -2.06. The maximum absolute atomic E-state index is 12.8. The lowest BCUT2D eigenvalue weighted by atomic mass is 10.0. The Morgan fingerprint density at radius 1 is 0.607 bits per heavy atom. The van der Waals surface area contributed by atoms with Crippen molar-refractivity contribution in [3.63, 3.8) is 0 Å². The molecule has 0 spiro atoms. The SMILES string of the molecule is CC/C=C\C/C=C\C/C=C\C/C=C\CCCCCCC(=O)NC(COP(=O)(O)OCCN)C(O)/C=C/CC/C=C/CCCCCCCCCCCCCCCC. The van der Waals surface area contributed by atoms with Crippen molar-refractivity contribution in [2.45, 2.75) is 199 Å². The molecule has 0 rings (SSSR count). The lowest BCUT2D eigenvalue weighted by Gasteiger charge is -2.23. The Balaban J connectivity index is 4.30. The van der Waals surface area contributed by atoms with E-state index < -0.39 is 20.0 Å². The minimum Gasteiger partial charge on any atom is -0.387 e. The number of hydrogen-bond acceptors (Lipinski definition) is 6. The molecule has 1 amide bonds. The van der Waals surface area contributed by atoms with Gasteiger partial charge in [-0.2, -0.15) is 0 Å². The van der Waals surface area contributed by atoms with E-state index in [1.165, 1.54) is 89.9 Å². The number of carbonyl (C=O) groups is 1. The number of phosphoric ester groups is 1. The second-order valence-corrected chi connectivity index (χ2v) is 16.3. The zero-order valence-corrected chi connectivity index (χ0v) is 36.7. The van der Waals surface area contributed by atoms with E-state index in [2.05, 4.69) is 79.9 Å². The van der Waals surface area contributed by atoms with Gasteiger partial charge in [0.15, 0.2) is 0 Å². The first-order chi connectivity index (χ1) is 27.4. The van der Waals surface area contributed by atoms with Gasteiger partial charge in [-0.05, 0) is 70.6 Å². The van der Waals surface area contributed by atoms with Crippen molar-refractivity contribution in [1.82, 2.24) is 5.32 Å². The van der Waals surface area contributed by atoms with Crippen molar-refractivity contribution in [1.29, 1.82) is 0 Å². The molecule has 0 fully saturated rings. The topological polar surface area (TPSA) is 131 Å². The summed E-state index contributed by atoms with van der Waals surface area (Å²) in [4.78, 5) is 22.7. The van der Waals surface area contributed by atoms with Gasteiger partial charge >= 0.3 is 7.82 Å². The van der Waals surface area contributed by atoms with Crippen LogP contribution >= 0.6 is 7.82 Å². The highest BCUT2D eigenvalue weighted by atomic mass is 31.2. The third-order valence-electron chi connectivity index (χ3n) is 9.52. The molecule has 0 aromatic heterocycles. The molecule has 0 bridgehead atoms. The molecule has 8 nitrogen and oxygen atoms in total. The maximum Gasteiger partial charge on any atom is 0.472 e. The average molecular weight is 805 g/mol. The first-order valence-electron chi connectivity index (χ1n) is 22.6. The van der Waals surface area contributed by atoms with Gasteiger partial charge < -0.3 is 21.1 Å². The molecule has 0 aromatic carbocycles. The molecule has 56 heavy (non-hydrogen) atoms. The molecular weight excluding hydrogens is 719 g/mol. The van der Waals surface area contributed by atoms with Crippen LogP contribution < -0.4 is 11.1 Å². The number of hydrogen-bond donors (Lipinski definition) is 4. The smallest absolute Gasteiger partial charge is 0.387 e. The number of rotatable bonds is 41. The second kappa shape index (κ2) is 42.5. The fourth-order valence-corrected chi connectivity index (χ4v) is 6.90. The second-order valence-electron chi connectivity index (χ2n) is 14.9. The Labute approximate surface area is 344 Å². The number of aliphatic hydroxyl groups is 1. The summed E-state index contributed by atoms with van der Waals surface area (Å²) >= 11 is 0. The Morgan fingerprint density at radius 3 is 1.59 bits per heavy atom. The predicted molar refractivity (Wildman–Crippen MR) is 240 cm³/mol. The van der Waals surface area contributed by atoms with Crippen LogP contribution in [0.5, 0.6) is 0 Å². The predicted octanol–water partition coefficient (Wildman–Crippen LogP) is 12.8. The van der Waals surface area contributed by atoms with E-state index in [1.54, 1.807) is 6.08 Å². The molecular formula is C47H85N2O6P. The molecule has 3 unspecified atom stereocenters. The maximum atomic E-state index is 12.8. The number of aliphatic hydroxyl groups excluding tert-OH is 1. The number of amides is 1. The van der Waals surface area contributed by atoms with Crippen molar-refractivity contribution < 1.29 is 28.4 Å². The van der Waals surface area contributed by atoms with Crippen LogP contribution in [-0.2, 0) is 18.4 Å². The zero-order chi connectivity index (χ0) is 41.1. The highest BCUT2D eigenvalue weighted by Crippen LogP contribution is 2.43. The summed E-state index contributed by atoms with van der Waals surface area (Å²) in [5.74, 6) is -0.230. The lowest BCUT2D eigenvalue weighted by molar-refractivity contribution is -0.123.